The zero-order valence-electron chi connectivity index (χ0n) is 16.9. The standard InChI is InChI=1S/C17H13F3N6O.C2HF3O2/c1-21-15-14-13(10-8-23-24-9-10)6-7-22-16(14)26(25-15)11-2-4-12(5-3-11)27-17(18,19)20;3-2(4,5)1(6)7/h2-9H,1H3,(H,21,25)(H,23,24);(H,6,7). The zero-order valence-corrected chi connectivity index (χ0v) is 16.9. The number of aromatic nitrogens is 5. The van der Waals surface area contributed by atoms with E-state index < -0.39 is 18.5 Å². The van der Waals surface area contributed by atoms with Crippen molar-refractivity contribution in [2.24, 2.45) is 0 Å². The van der Waals surface area contributed by atoms with Crippen LogP contribution in [0, 0.1) is 0 Å². The van der Waals surface area contributed by atoms with Gasteiger partial charge in [-0.05, 0) is 30.3 Å². The fourth-order valence-electron chi connectivity index (χ4n) is 2.82. The lowest BCUT2D eigenvalue weighted by Crippen LogP contribution is -2.21. The molecule has 0 aliphatic carbocycles. The molecule has 9 nitrogen and oxygen atoms in total. The summed E-state index contributed by atoms with van der Waals surface area (Å²) in [7, 11) is 1.73. The molecule has 3 N–H and O–H groups in total. The number of carboxylic acids is 1. The molecule has 0 aliphatic rings. The first-order valence-electron chi connectivity index (χ1n) is 9.11. The number of carboxylic acid groups (broad SMARTS) is 1. The van der Waals surface area contributed by atoms with Crippen LogP contribution in [0.3, 0.4) is 0 Å². The van der Waals surface area contributed by atoms with Crippen molar-refractivity contribution in [2.45, 2.75) is 12.5 Å². The number of hydrogen-bond donors (Lipinski definition) is 3. The van der Waals surface area contributed by atoms with E-state index in [0.29, 0.717) is 17.2 Å². The van der Waals surface area contributed by atoms with Crippen LogP contribution in [0.1, 0.15) is 0 Å². The Labute approximate surface area is 186 Å². The van der Waals surface area contributed by atoms with Gasteiger partial charge < -0.3 is 15.2 Å². The molecule has 180 valence electrons. The van der Waals surface area contributed by atoms with Crippen molar-refractivity contribution in [1.29, 1.82) is 0 Å². The molecule has 0 bridgehead atoms. The molecule has 0 unspecified atom stereocenters. The maximum Gasteiger partial charge on any atom is 0.573 e. The number of aliphatic carboxylic acids is 1. The molecule has 0 saturated heterocycles. The first-order chi connectivity index (χ1) is 15.9. The minimum absolute atomic E-state index is 0.302. The molecular formula is C19H14F6N6O3. The molecule has 0 amide bonds. The molecule has 3 aromatic heterocycles. The molecule has 0 aliphatic heterocycles. The molecule has 0 radical (unpaired) electrons. The first kappa shape index (κ1) is 24.3. The van der Waals surface area contributed by atoms with Crippen molar-refractivity contribution >= 4 is 22.8 Å². The summed E-state index contributed by atoms with van der Waals surface area (Å²) >= 11 is 0. The highest BCUT2D eigenvalue weighted by atomic mass is 19.4. The van der Waals surface area contributed by atoms with Gasteiger partial charge in [-0.2, -0.15) is 18.3 Å². The number of pyridine rings is 1. The quantitative estimate of drug-likeness (QED) is 0.365. The van der Waals surface area contributed by atoms with E-state index >= 15 is 0 Å². The summed E-state index contributed by atoms with van der Waals surface area (Å²) in [5, 5.41) is 22.2. The molecule has 4 rings (SSSR count). The summed E-state index contributed by atoms with van der Waals surface area (Å²) < 4.78 is 74.2. The average molecular weight is 488 g/mol. The molecule has 1 aromatic carbocycles. The Balaban J connectivity index is 0.000000406. The summed E-state index contributed by atoms with van der Waals surface area (Å²) in [6.45, 7) is 0. The lowest BCUT2D eigenvalue weighted by atomic mass is 10.1. The largest absolute Gasteiger partial charge is 0.573 e. The van der Waals surface area contributed by atoms with Gasteiger partial charge in [-0.3, -0.25) is 5.10 Å². The Kier molecular flexibility index (Phi) is 6.65. The van der Waals surface area contributed by atoms with Gasteiger partial charge >= 0.3 is 18.5 Å². The number of halogens is 6. The van der Waals surface area contributed by atoms with Gasteiger partial charge in [-0.1, -0.05) is 0 Å². The van der Waals surface area contributed by atoms with Crippen LogP contribution in [-0.2, 0) is 4.79 Å². The predicted octanol–water partition coefficient (Wildman–Crippen LogP) is 4.38. The van der Waals surface area contributed by atoms with Gasteiger partial charge in [0.05, 0.1) is 17.3 Å². The average Bonchev–Trinajstić information content (AvgIpc) is 3.41. The van der Waals surface area contributed by atoms with Gasteiger partial charge in [-0.15, -0.1) is 18.3 Å². The van der Waals surface area contributed by atoms with E-state index in [1.54, 1.807) is 30.3 Å². The van der Waals surface area contributed by atoms with Gasteiger partial charge in [0.2, 0.25) is 0 Å². The Morgan fingerprint density at radius 1 is 1.12 bits per heavy atom. The van der Waals surface area contributed by atoms with Crippen LogP contribution in [0.5, 0.6) is 5.75 Å². The molecule has 0 fully saturated rings. The number of nitrogens with zero attached hydrogens (tertiary/aromatic N) is 4. The fraction of sp³-hybridized carbons (Fsp3) is 0.158. The number of aromatic amines is 1. The third-order valence-electron chi connectivity index (χ3n) is 4.17. The highest BCUT2D eigenvalue weighted by molar-refractivity contribution is 6.01. The third kappa shape index (κ3) is 5.54. The van der Waals surface area contributed by atoms with Crippen molar-refractivity contribution in [3.8, 4) is 22.6 Å². The molecule has 0 atom stereocenters. The van der Waals surface area contributed by atoms with E-state index in [-0.39, 0.29) is 5.75 Å². The lowest BCUT2D eigenvalue weighted by molar-refractivity contribution is -0.274. The van der Waals surface area contributed by atoms with E-state index in [1.165, 1.54) is 24.3 Å². The van der Waals surface area contributed by atoms with Crippen LogP contribution in [-0.4, -0.2) is 55.6 Å². The van der Waals surface area contributed by atoms with E-state index in [9.17, 15) is 26.3 Å². The Morgan fingerprint density at radius 2 is 1.76 bits per heavy atom. The number of ether oxygens (including phenoxy) is 1. The van der Waals surface area contributed by atoms with Crippen LogP contribution in [0.15, 0.2) is 48.9 Å². The monoisotopic (exact) mass is 488 g/mol. The van der Waals surface area contributed by atoms with Gasteiger partial charge in [0.1, 0.15) is 5.75 Å². The zero-order chi connectivity index (χ0) is 25.1. The summed E-state index contributed by atoms with van der Waals surface area (Å²) in [6, 6.07) is 7.28. The summed E-state index contributed by atoms with van der Waals surface area (Å²) in [4.78, 5) is 13.3. The van der Waals surface area contributed by atoms with Crippen molar-refractivity contribution in [2.75, 3.05) is 12.4 Å². The summed E-state index contributed by atoms with van der Waals surface area (Å²) in [5.74, 6) is -2.47. The maximum absolute atomic E-state index is 12.3. The number of hydrogen-bond acceptors (Lipinski definition) is 6. The number of anilines is 1. The van der Waals surface area contributed by atoms with Gasteiger partial charge in [0.15, 0.2) is 11.5 Å². The third-order valence-corrected chi connectivity index (χ3v) is 4.17. The molecule has 0 saturated carbocycles. The first-order valence-corrected chi connectivity index (χ1v) is 9.11. The Bertz CT molecular complexity index is 1270. The summed E-state index contributed by atoms with van der Waals surface area (Å²) in [6.07, 6.45) is -4.73. The summed E-state index contributed by atoms with van der Waals surface area (Å²) in [5.41, 5.74) is 2.85. The van der Waals surface area contributed by atoms with Gasteiger partial charge in [0, 0.05) is 30.6 Å². The SMILES string of the molecule is CNc1nn(-c2ccc(OC(F)(F)F)cc2)c2nccc(-c3cn[nH]c3)c12.O=C(O)C(F)(F)F. The second kappa shape index (κ2) is 9.29. The van der Waals surface area contributed by atoms with Crippen molar-refractivity contribution in [1.82, 2.24) is 25.0 Å². The molecule has 3 heterocycles. The van der Waals surface area contributed by atoms with Crippen LogP contribution in [0.4, 0.5) is 32.2 Å². The highest BCUT2D eigenvalue weighted by Crippen LogP contribution is 2.33. The van der Waals surface area contributed by atoms with E-state index in [2.05, 4.69) is 30.3 Å². The second-order valence-corrected chi connectivity index (χ2v) is 6.40. The minimum atomic E-state index is -5.08. The number of H-pyrrole nitrogens is 1. The van der Waals surface area contributed by atoms with Crippen LogP contribution in [0.2, 0.25) is 0 Å². The minimum Gasteiger partial charge on any atom is -0.475 e. The fourth-order valence-corrected chi connectivity index (χ4v) is 2.82. The number of alkyl halides is 6. The molecule has 34 heavy (non-hydrogen) atoms. The number of fused-ring (bicyclic) bond motifs is 1. The number of benzene rings is 1. The van der Waals surface area contributed by atoms with Crippen LogP contribution >= 0.6 is 0 Å². The number of rotatable bonds is 4. The van der Waals surface area contributed by atoms with Crippen LogP contribution in [0.25, 0.3) is 27.8 Å². The Morgan fingerprint density at radius 3 is 2.26 bits per heavy atom. The topological polar surface area (TPSA) is 118 Å². The second-order valence-electron chi connectivity index (χ2n) is 6.40. The van der Waals surface area contributed by atoms with E-state index in [0.717, 1.165) is 16.5 Å². The lowest BCUT2D eigenvalue weighted by Gasteiger charge is -2.09. The van der Waals surface area contributed by atoms with Crippen molar-refractivity contribution in [3.63, 3.8) is 0 Å². The van der Waals surface area contributed by atoms with Crippen LogP contribution < -0.4 is 10.1 Å². The smallest absolute Gasteiger partial charge is 0.475 e. The molecule has 0 spiro atoms. The van der Waals surface area contributed by atoms with Gasteiger partial charge in [-0.25, -0.2) is 14.5 Å². The normalized spacial score (nSPS) is 11.6. The van der Waals surface area contributed by atoms with Gasteiger partial charge in [0.25, 0.3) is 0 Å². The van der Waals surface area contributed by atoms with E-state index in [4.69, 9.17) is 9.90 Å². The van der Waals surface area contributed by atoms with Crippen molar-refractivity contribution in [3.05, 3.63) is 48.9 Å². The highest BCUT2D eigenvalue weighted by Gasteiger charge is 2.38. The predicted molar refractivity (Wildman–Crippen MR) is 106 cm³/mol. The Hall–Kier alpha value is -4.30. The van der Waals surface area contributed by atoms with Crippen molar-refractivity contribution < 1.29 is 41.0 Å². The number of carbonyl (C=O) groups is 1. The van der Waals surface area contributed by atoms with E-state index in [1.807, 2.05) is 6.07 Å². The number of nitrogens with one attached hydrogen (secondary N) is 2. The molecule has 4 aromatic rings. The molecular weight excluding hydrogens is 474 g/mol. The molecule has 15 heteroatoms. The maximum atomic E-state index is 12.3.